The summed E-state index contributed by atoms with van der Waals surface area (Å²) in [6.45, 7) is 4.52. The third kappa shape index (κ3) is 6.64. The number of amides is 1. The van der Waals surface area contributed by atoms with E-state index in [2.05, 4.69) is 74.3 Å². The lowest BCUT2D eigenvalue weighted by Crippen LogP contribution is -2.46. The highest BCUT2D eigenvalue weighted by Gasteiger charge is 2.30. The zero-order valence-electron chi connectivity index (χ0n) is 17.7. The van der Waals surface area contributed by atoms with Gasteiger partial charge in [-0.15, -0.1) is 0 Å². The number of halogens is 1. The van der Waals surface area contributed by atoms with E-state index in [1.807, 2.05) is 0 Å². The summed E-state index contributed by atoms with van der Waals surface area (Å²) in [6.07, 6.45) is 3.11. The molecule has 7 nitrogen and oxygen atoms in total. The number of hydrogen-bond acceptors (Lipinski definition) is 4. The Hall–Kier alpha value is -2.71. The van der Waals surface area contributed by atoms with Gasteiger partial charge < -0.3 is 15.1 Å². The largest absolute Gasteiger partial charge is 0.473 e. The molecule has 2 N–H and O–H groups in total. The molecule has 2 aliphatic heterocycles. The molecule has 170 valence electrons. The first-order valence-electron chi connectivity index (χ1n) is 10.6. The molecule has 0 spiro atoms. The molecule has 4 rings (SSSR count). The number of piperidine rings is 1. The molecule has 2 heterocycles. The number of carboxylic acids is 2. The summed E-state index contributed by atoms with van der Waals surface area (Å²) in [6, 6.07) is 17.0. The summed E-state index contributed by atoms with van der Waals surface area (Å²) in [5, 5.41) is 14.8. The van der Waals surface area contributed by atoms with Crippen LogP contribution in [0.25, 0.3) is 0 Å². The SMILES string of the molecule is O=C(C1CCCN(Cc2cccc(Br)c2)C1)N1CCc2ccccc2C1.O=C(O)C(=O)O. The molecule has 1 unspecified atom stereocenters. The predicted octanol–water partition coefficient (Wildman–Crippen LogP) is 3.40. The molecule has 1 fully saturated rings. The number of hydrogen-bond donors (Lipinski definition) is 2. The van der Waals surface area contributed by atoms with E-state index in [0.29, 0.717) is 5.91 Å². The fraction of sp³-hybridized carbons (Fsp3) is 0.375. The molecule has 2 aromatic carbocycles. The van der Waals surface area contributed by atoms with Gasteiger partial charge in [0, 0.05) is 30.7 Å². The predicted molar refractivity (Wildman–Crippen MR) is 123 cm³/mol. The molecule has 2 aliphatic rings. The van der Waals surface area contributed by atoms with Crippen LogP contribution in [0.3, 0.4) is 0 Å². The van der Waals surface area contributed by atoms with Crippen LogP contribution in [-0.2, 0) is 33.9 Å². The maximum atomic E-state index is 13.1. The van der Waals surface area contributed by atoms with Crippen LogP contribution in [0, 0.1) is 5.92 Å². The lowest BCUT2D eigenvalue weighted by atomic mass is 9.93. The van der Waals surface area contributed by atoms with E-state index in [-0.39, 0.29) is 5.92 Å². The number of benzene rings is 2. The Morgan fingerprint density at radius 2 is 1.69 bits per heavy atom. The van der Waals surface area contributed by atoms with Gasteiger partial charge in [-0.3, -0.25) is 9.69 Å². The molecule has 0 bridgehead atoms. The van der Waals surface area contributed by atoms with E-state index < -0.39 is 11.9 Å². The van der Waals surface area contributed by atoms with Crippen LogP contribution in [0.4, 0.5) is 0 Å². The smallest absolute Gasteiger partial charge is 0.414 e. The molecule has 0 aromatic heterocycles. The molecule has 1 amide bonds. The van der Waals surface area contributed by atoms with E-state index >= 15 is 0 Å². The zero-order chi connectivity index (χ0) is 23.1. The molecule has 32 heavy (non-hydrogen) atoms. The Labute approximate surface area is 195 Å². The van der Waals surface area contributed by atoms with Crippen molar-refractivity contribution in [3.8, 4) is 0 Å². The Bertz CT molecular complexity index is 968. The first-order chi connectivity index (χ1) is 15.3. The van der Waals surface area contributed by atoms with E-state index in [9.17, 15) is 4.79 Å². The maximum absolute atomic E-state index is 13.1. The van der Waals surface area contributed by atoms with Crippen LogP contribution in [0.15, 0.2) is 53.0 Å². The van der Waals surface area contributed by atoms with Gasteiger partial charge in [0.2, 0.25) is 5.91 Å². The Balaban J connectivity index is 0.000000427. The summed E-state index contributed by atoms with van der Waals surface area (Å²) in [4.78, 5) is 35.8. The average Bonchev–Trinajstić information content (AvgIpc) is 2.79. The van der Waals surface area contributed by atoms with Gasteiger partial charge in [0.15, 0.2) is 0 Å². The summed E-state index contributed by atoms with van der Waals surface area (Å²) in [5.41, 5.74) is 4.02. The number of carbonyl (C=O) groups excluding carboxylic acids is 1. The molecule has 8 heteroatoms. The van der Waals surface area contributed by atoms with Crippen molar-refractivity contribution in [3.63, 3.8) is 0 Å². The van der Waals surface area contributed by atoms with Gasteiger partial charge in [0.1, 0.15) is 0 Å². The van der Waals surface area contributed by atoms with Crippen LogP contribution in [-0.4, -0.2) is 57.5 Å². The average molecular weight is 503 g/mol. The molecule has 0 saturated carbocycles. The standard InChI is InChI=1S/C22H25BrN2O.C2H2O4/c23-21-9-3-5-17(13-21)14-24-11-4-8-20(15-24)22(26)25-12-10-18-6-1-2-7-19(18)16-25;3-1(4)2(5)6/h1-3,5-7,9,13,20H,4,8,10-12,14-16H2;(H,3,4)(H,5,6). The molecule has 0 radical (unpaired) electrons. The minimum absolute atomic E-state index is 0.140. The summed E-state index contributed by atoms with van der Waals surface area (Å²) < 4.78 is 1.12. The van der Waals surface area contributed by atoms with Gasteiger partial charge in [-0.1, -0.05) is 52.3 Å². The molecule has 0 aliphatic carbocycles. The van der Waals surface area contributed by atoms with Crippen molar-refractivity contribution in [2.24, 2.45) is 5.92 Å². The van der Waals surface area contributed by atoms with Crippen molar-refractivity contribution in [2.45, 2.75) is 32.4 Å². The van der Waals surface area contributed by atoms with E-state index in [0.717, 1.165) is 56.5 Å². The summed E-state index contributed by atoms with van der Waals surface area (Å²) >= 11 is 3.55. The van der Waals surface area contributed by atoms with Crippen LogP contribution in [0.5, 0.6) is 0 Å². The van der Waals surface area contributed by atoms with Gasteiger partial charge >= 0.3 is 11.9 Å². The minimum atomic E-state index is -1.82. The van der Waals surface area contributed by atoms with E-state index in [1.165, 1.54) is 16.7 Å². The fourth-order valence-electron chi connectivity index (χ4n) is 4.24. The summed E-state index contributed by atoms with van der Waals surface area (Å²) in [7, 11) is 0. The number of carbonyl (C=O) groups is 3. The third-order valence-corrected chi connectivity index (χ3v) is 6.27. The fourth-order valence-corrected chi connectivity index (χ4v) is 4.68. The van der Waals surface area contributed by atoms with Gasteiger partial charge in [-0.05, 0) is 54.6 Å². The second kappa shape index (κ2) is 11.2. The highest BCUT2D eigenvalue weighted by Crippen LogP contribution is 2.25. The normalized spacial score (nSPS) is 18.2. The minimum Gasteiger partial charge on any atom is -0.473 e. The molecular weight excluding hydrogens is 476 g/mol. The van der Waals surface area contributed by atoms with Gasteiger partial charge in [-0.25, -0.2) is 9.59 Å². The number of likely N-dealkylation sites (tertiary alicyclic amines) is 1. The van der Waals surface area contributed by atoms with Crippen molar-refractivity contribution < 1.29 is 24.6 Å². The number of aliphatic carboxylic acids is 2. The third-order valence-electron chi connectivity index (χ3n) is 5.78. The molecule has 1 saturated heterocycles. The molecular formula is C24H27BrN2O5. The van der Waals surface area contributed by atoms with Crippen LogP contribution in [0.2, 0.25) is 0 Å². The van der Waals surface area contributed by atoms with E-state index in [4.69, 9.17) is 19.8 Å². The van der Waals surface area contributed by atoms with Crippen molar-refractivity contribution in [1.29, 1.82) is 0 Å². The lowest BCUT2D eigenvalue weighted by molar-refractivity contribution is -0.159. The van der Waals surface area contributed by atoms with Gasteiger partial charge in [-0.2, -0.15) is 0 Å². The number of carboxylic acid groups (broad SMARTS) is 2. The number of nitrogens with zero attached hydrogens (tertiary/aromatic N) is 2. The topological polar surface area (TPSA) is 98.2 Å². The second-order valence-corrected chi connectivity index (χ2v) is 9.01. The first kappa shape index (κ1) is 23.9. The first-order valence-corrected chi connectivity index (χ1v) is 11.4. The second-order valence-electron chi connectivity index (χ2n) is 8.09. The quantitative estimate of drug-likeness (QED) is 0.624. The highest BCUT2D eigenvalue weighted by atomic mass is 79.9. The van der Waals surface area contributed by atoms with E-state index in [1.54, 1.807) is 0 Å². The van der Waals surface area contributed by atoms with Crippen molar-refractivity contribution in [1.82, 2.24) is 9.80 Å². The van der Waals surface area contributed by atoms with Crippen molar-refractivity contribution >= 4 is 33.8 Å². The molecule has 1 atom stereocenters. The monoisotopic (exact) mass is 502 g/mol. The Morgan fingerprint density at radius 3 is 2.38 bits per heavy atom. The number of rotatable bonds is 3. The van der Waals surface area contributed by atoms with Crippen molar-refractivity contribution in [2.75, 3.05) is 19.6 Å². The summed E-state index contributed by atoms with van der Waals surface area (Å²) in [5.74, 6) is -3.16. The Morgan fingerprint density at radius 1 is 0.969 bits per heavy atom. The Kier molecular flexibility index (Phi) is 8.41. The van der Waals surface area contributed by atoms with Crippen molar-refractivity contribution in [3.05, 3.63) is 69.7 Å². The molecule has 2 aromatic rings. The van der Waals surface area contributed by atoms with Crippen LogP contribution < -0.4 is 0 Å². The van der Waals surface area contributed by atoms with Gasteiger partial charge in [0.25, 0.3) is 0 Å². The van der Waals surface area contributed by atoms with Crippen LogP contribution in [0.1, 0.15) is 29.5 Å². The highest BCUT2D eigenvalue weighted by molar-refractivity contribution is 9.10. The zero-order valence-corrected chi connectivity index (χ0v) is 19.3. The van der Waals surface area contributed by atoms with Gasteiger partial charge in [0.05, 0.1) is 5.92 Å². The number of fused-ring (bicyclic) bond motifs is 1. The maximum Gasteiger partial charge on any atom is 0.414 e. The lowest BCUT2D eigenvalue weighted by Gasteiger charge is -2.36. The van der Waals surface area contributed by atoms with Crippen LogP contribution >= 0.6 is 15.9 Å².